The third kappa shape index (κ3) is 2.69. The largest absolute Gasteiger partial charge is 0.383 e. The number of nitrogens with zero attached hydrogens (tertiary/aromatic N) is 2. The van der Waals surface area contributed by atoms with Crippen LogP contribution in [0.4, 0.5) is 5.82 Å². The molecule has 1 fully saturated rings. The van der Waals surface area contributed by atoms with Gasteiger partial charge in [0, 0.05) is 24.3 Å². The predicted molar refractivity (Wildman–Crippen MR) is 62.4 cm³/mol. The first kappa shape index (κ1) is 10.4. The zero-order valence-corrected chi connectivity index (χ0v) is 9.32. The summed E-state index contributed by atoms with van der Waals surface area (Å²) in [6.45, 7) is 4.35. The van der Waals surface area contributed by atoms with Gasteiger partial charge in [-0.3, -0.25) is 4.90 Å². The van der Waals surface area contributed by atoms with Crippen LogP contribution in [0.5, 0.6) is 0 Å². The van der Waals surface area contributed by atoms with Crippen LogP contribution in [0.25, 0.3) is 0 Å². The molecular weight excluding hydrogens is 186 g/mol. The SMILES string of the molecule is CCCN(Cc1cccnc1N)C1CC1. The van der Waals surface area contributed by atoms with Crippen LogP contribution in [0.3, 0.4) is 0 Å². The molecule has 0 atom stereocenters. The molecule has 0 unspecified atom stereocenters. The maximum absolute atomic E-state index is 5.85. The Morgan fingerprint density at radius 1 is 1.53 bits per heavy atom. The topological polar surface area (TPSA) is 42.2 Å². The average Bonchev–Trinajstić information content (AvgIpc) is 3.04. The predicted octanol–water partition coefficient (Wildman–Crippen LogP) is 2.04. The standard InChI is InChI=1S/C12H19N3/c1-2-8-15(11-5-6-11)9-10-4-3-7-14-12(10)13/h3-4,7,11H,2,5-6,8-9H2,1H3,(H2,13,14). The van der Waals surface area contributed by atoms with Crippen LogP contribution in [0.15, 0.2) is 18.3 Å². The molecule has 2 rings (SSSR count). The van der Waals surface area contributed by atoms with Crippen molar-refractivity contribution in [1.82, 2.24) is 9.88 Å². The molecule has 0 bridgehead atoms. The smallest absolute Gasteiger partial charge is 0.127 e. The van der Waals surface area contributed by atoms with Crippen LogP contribution >= 0.6 is 0 Å². The van der Waals surface area contributed by atoms with Crippen LogP contribution in [0.2, 0.25) is 0 Å². The van der Waals surface area contributed by atoms with Crippen molar-refractivity contribution in [1.29, 1.82) is 0 Å². The third-order valence-corrected chi connectivity index (χ3v) is 2.87. The second-order valence-electron chi connectivity index (χ2n) is 4.25. The maximum atomic E-state index is 5.85. The van der Waals surface area contributed by atoms with E-state index in [-0.39, 0.29) is 0 Å². The monoisotopic (exact) mass is 205 g/mol. The maximum Gasteiger partial charge on any atom is 0.127 e. The van der Waals surface area contributed by atoms with E-state index in [4.69, 9.17) is 5.73 Å². The van der Waals surface area contributed by atoms with E-state index in [1.165, 1.54) is 25.8 Å². The summed E-state index contributed by atoms with van der Waals surface area (Å²) in [6, 6.07) is 4.83. The lowest BCUT2D eigenvalue weighted by atomic mass is 10.2. The molecule has 0 spiro atoms. The van der Waals surface area contributed by atoms with Crippen molar-refractivity contribution in [2.24, 2.45) is 0 Å². The van der Waals surface area contributed by atoms with Gasteiger partial charge >= 0.3 is 0 Å². The lowest BCUT2D eigenvalue weighted by Gasteiger charge is -2.21. The van der Waals surface area contributed by atoms with Crippen molar-refractivity contribution in [3.8, 4) is 0 Å². The zero-order valence-electron chi connectivity index (χ0n) is 9.32. The molecule has 0 amide bonds. The summed E-state index contributed by atoms with van der Waals surface area (Å²) < 4.78 is 0. The van der Waals surface area contributed by atoms with Gasteiger partial charge in [0.2, 0.25) is 0 Å². The minimum Gasteiger partial charge on any atom is -0.383 e. The Kier molecular flexibility index (Phi) is 3.21. The van der Waals surface area contributed by atoms with Crippen molar-refractivity contribution >= 4 is 5.82 Å². The molecular formula is C12H19N3. The number of pyridine rings is 1. The van der Waals surface area contributed by atoms with Crippen molar-refractivity contribution in [3.63, 3.8) is 0 Å². The quantitative estimate of drug-likeness (QED) is 0.799. The molecule has 1 aromatic heterocycles. The molecule has 0 aromatic carbocycles. The molecule has 1 saturated carbocycles. The molecule has 82 valence electrons. The highest BCUT2D eigenvalue weighted by molar-refractivity contribution is 5.38. The van der Waals surface area contributed by atoms with E-state index in [0.29, 0.717) is 5.82 Å². The molecule has 1 aromatic rings. The molecule has 1 heterocycles. The summed E-state index contributed by atoms with van der Waals surface area (Å²) in [4.78, 5) is 6.64. The van der Waals surface area contributed by atoms with Crippen LogP contribution in [-0.4, -0.2) is 22.5 Å². The fourth-order valence-corrected chi connectivity index (χ4v) is 1.92. The lowest BCUT2D eigenvalue weighted by Crippen LogP contribution is -2.26. The van der Waals surface area contributed by atoms with Gasteiger partial charge in [-0.1, -0.05) is 13.0 Å². The Labute approximate surface area is 91.3 Å². The Hall–Kier alpha value is -1.09. The Morgan fingerprint density at radius 3 is 2.93 bits per heavy atom. The van der Waals surface area contributed by atoms with Crippen molar-refractivity contribution in [3.05, 3.63) is 23.9 Å². The first-order valence-electron chi connectivity index (χ1n) is 5.74. The van der Waals surface area contributed by atoms with E-state index >= 15 is 0 Å². The summed E-state index contributed by atoms with van der Waals surface area (Å²) in [5.41, 5.74) is 7.01. The van der Waals surface area contributed by atoms with Crippen molar-refractivity contribution in [2.45, 2.75) is 38.8 Å². The van der Waals surface area contributed by atoms with Crippen molar-refractivity contribution < 1.29 is 0 Å². The lowest BCUT2D eigenvalue weighted by molar-refractivity contribution is 0.255. The molecule has 1 aliphatic rings. The molecule has 3 nitrogen and oxygen atoms in total. The molecule has 15 heavy (non-hydrogen) atoms. The number of nitrogens with two attached hydrogens (primary N) is 1. The van der Waals surface area contributed by atoms with Gasteiger partial charge in [0.05, 0.1) is 0 Å². The fraction of sp³-hybridized carbons (Fsp3) is 0.583. The van der Waals surface area contributed by atoms with Crippen LogP contribution in [0.1, 0.15) is 31.7 Å². The van der Waals surface area contributed by atoms with Gasteiger partial charge < -0.3 is 5.73 Å². The Balaban J connectivity index is 2.02. The number of nitrogen functional groups attached to an aromatic ring is 1. The van der Waals surface area contributed by atoms with E-state index in [1.807, 2.05) is 6.07 Å². The van der Waals surface area contributed by atoms with Gasteiger partial charge in [0.25, 0.3) is 0 Å². The Morgan fingerprint density at radius 2 is 2.33 bits per heavy atom. The molecule has 1 aliphatic carbocycles. The van der Waals surface area contributed by atoms with Gasteiger partial charge in [0.1, 0.15) is 5.82 Å². The number of hydrogen-bond acceptors (Lipinski definition) is 3. The highest BCUT2D eigenvalue weighted by atomic mass is 15.2. The number of rotatable bonds is 5. The number of aromatic nitrogens is 1. The van der Waals surface area contributed by atoms with Gasteiger partial charge in [0.15, 0.2) is 0 Å². The van der Waals surface area contributed by atoms with Gasteiger partial charge in [-0.2, -0.15) is 0 Å². The van der Waals surface area contributed by atoms with E-state index in [2.05, 4.69) is 22.9 Å². The first-order chi connectivity index (χ1) is 7.31. The van der Waals surface area contributed by atoms with Crippen molar-refractivity contribution in [2.75, 3.05) is 12.3 Å². The van der Waals surface area contributed by atoms with Crippen LogP contribution in [-0.2, 0) is 6.54 Å². The van der Waals surface area contributed by atoms with E-state index in [9.17, 15) is 0 Å². The second kappa shape index (κ2) is 4.62. The second-order valence-corrected chi connectivity index (χ2v) is 4.25. The average molecular weight is 205 g/mol. The molecule has 0 saturated heterocycles. The molecule has 3 heteroatoms. The van der Waals surface area contributed by atoms with Crippen LogP contribution in [0, 0.1) is 0 Å². The highest BCUT2D eigenvalue weighted by Gasteiger charge is 2.28. The summed E-state index contributed by atoms with van der Waals surface area (Å²) >= 11 is 0. The highest BCUT2D eigenvalue weighted by Crippen LogP contribution is 2.28. The molecule has 2 N–H and O–H groups in total. The van der Waals surface area contributed by atoms with Gasteiger partial charge in [-0.05, 0) is 31.9 Å². The van der Waals surface area contributed by atoms with E-state index in [0.717, 1.165) is 18.2 Å². The summed E-state index contributed by atoms with van der Waals surface area (Å²) in [6.07, 6.45) is 5.65. The fourth-order valence-electron chi connectivity index (χ4n) is 1.92. The van der Waals surface area contributed by atoms with Gasteiger partial charge in [-0.15, -0.1) is 0 Å². The molecule has 0 aliphatic heterocycles. The Bertz CT molecular complexity index is 320. The number of hydrogen-bond donors (Lipinski definition) is 1. The normalized spacial score (nSPS) is 15.9. The number of anilines is 1. The van der Waals surface area contributed by atoms with E-state index in [1.54, 1.807) is 6.20 Å². The van der Waals surface area contributed by atoms with Gasteiger partial charge in [-0.25, -0.2) is 4.98 Å². The minimum atomic E-state index is 0.680. The van der Waals surface area contributed by atoms with Crippen LogP contribution < -0.4 is 5.73 Å². The van der Waals surface area contributed by atoms with E-state index < -0.39 is 0 Å². The molecule has 0 radical (unpaired) electrons. The minimum absolute atomic E-state index is 0.680. The summed E-state index contributed by atoms with van der Waals surface area (Å²) in [5, 5.41) is 0. The first-order valence-corrected chi connectivity index (χ1v) is 5.74. The summed E-state index contributed by atoms with van der Waals surface area (Å²) in [5.74, 6) is 0.680. The zero-order chi connectivity index (χ0) is 10.7. The summed E-state index contributed by atoms with van der Waals surface area (Å²) in [7, 11) is 0. The third-order valence-electron chi connectivity index (χ3n) is 2.87.